The molecule has 0 fully saturated rings. The summed E-state index contributed by atoms with van der Waals surface area (Å²) in [7, 11) is -2.49. The Morgan fingerprint density at radius 3 is 0.579 bits per heavy atom. The van der Waals surface area contributed by atoms with Crippen molar-refractivity contribution < 1.29 is 9.09 Å². The first-order chi connectivity index (χ1) is 28.2. The van der Waals surface area contributed by atoms with Gasteiger partial charge >= 0.3 is 0 Å². The third kappa shape index (κ3) is 48.7. The van der Waals surface area contributed by atoms with E-state index in [0.717, 1.165) is 38.2 Å². The largest absolute Gasteiger partial charge is 0.328 e. The van der Waals surface area contributed by atoms with Crippen LogP contribution in [-0.2, 0) is 9.09 Å². The number of rotatable bonds is 52. The average molecular weight is 823 g/mol. The smallest absolute Gasteiger partial charge is 0.203 e. The molecule has 0 aromatic heterocycles. The van der Waals surface area contributed by atoms with Gasteiger partial charge in [-0.15, -0.1) is 0 Å². The normalized spacial score (nSPS) is 12.0. The summed E-state index contributed by atoms with van der Waals surface area (Å²) in [5.41, 5.74) is 0. The van der Waals surface area contributed by atoms with Crippen LogP contribution in [0, 0.1) is 0 Å². The minimum absolute atomic E-state index is 0.730. The molecule has 0 saturated carbocycles. The summed E-state index contributed by atoms with van der Waals surface area (Å²) in [5, 5.41) is 0. The number of unbranched alkanes of at least 4 members (excludes halogenated alkanes) is 45. The third-order valence-corrected chi connectivity index (χ3v) is 15.7. The van der Waals surface area contributed by atoms with Crippen LogP contribution in [0.4, 0.5) is 0 Å². The minimum atomic E-state index is -2.49. The zero-order valence-corrected chi connectivity index (χ0v) is 41.2. The minimum Gasteiger partial charge on any atom is -0.328 e. The summed E-state index contributed by atoms with van der Waals surface area (Å²) in [6, 6.07) is 0. The van der Waals surface area contributed by atoms with Crippen LogP contribution in [0.3, 0.4) is 0 Å². The van der Waals surface area contributed by atoms with E-state index in [0.29, 0.717) is 0 Å². The van der Waals surface area contributed by atoms with Crippen LogP contribution in [0.15, 0.2) is 0 Å². The molecule has 0 saturated heterocycles. The Labute approximate surface area is 363 Å². The van der Waals surface area contributed by atoms with Crippen LogP contribution in [0.2, 0.25) is 0 Å². The monoisotopic (exact) mass is 823 g/mol. The van der Waals surface area contributed by atoms with Crippen molar-refractivity contribution in [3.63, 3.8) is 0 Å². The van der Waals surface area contributed by atoms with Gasteiger partial charge in [-0.2, -0.15) is 0 Å². The molecule has 0 aliphatic heterocycles. The standard InChI is InChI=1S/C54H111O2P/c1-4-7-10-13-16-19-22-25-28-31-34-37-40-43-46-49-52-56-57(55,53-50-47-44-41-38-35-32-29-26-23-20-17-14-11-8-5-2)54-51-48-45-42-39-36-33-30-27-24-21-18-15-12-9-6-3/h4-54H2,1-3H3. The van der Waals surface area contributed by atoms with Crippen LogP contribution >= 0.6 is 7.37 Å². The molecule has 2 nitrogen and oxygen atoms in total. The maximum atomic E-state index is 14.0. The van der Waals surface area contributed by atoms with Crippen molar-refractivity contribution in [2.75, 3.05) is 18.9 Å². The summed E-state index contributed by atoms with van der Waals surface area (Å²) in [5.74, 6) is 0. The number of hydrogen-bond acceptors (Lipinski definition) is 2. The van der Waals surface area contributed by atoms with E-state index in [9.17, 15) is 4.57 Å². The first-order valence-corrected chi connectivity index (χ1v) is 29.4. The van der Waals surface area contributed by atoms with Gasteiger partial charge in [0.15, 0.2) is 0 Å². The molecule has 0 aromatic rings. The molecular formula is C54H111O2P. The molecule has 0 aromatic carbocycles. The van der Waals surface area contributed by atoms with Crippen LogP contribution in [0.25, 0.3) is 0 Å². The highest BCUT2D eigenvalue weighted by atomic mass is 31.2. The van der Waals surface area contributed by atoms with Gasteiger partial charge in [-0.1, -0.05) is 310 Å². The van der Waals surface area contributed by atoms with Gasteiger partial charge in [0.25, 0.3) is 0 Å². The fourth-order valence-electron chi connectivity index (χ4n) is 8.92. The maximum Gasteiger partial charge on any atom is 0.203 e. The fraction of sp³-hybridized carbons (Fsp3) is 1.00. The second-order valence-corrected chi connectivity index (χ2v) is 21.8. The summed E-state index contributed by atoms with van der Waals surface area (Å²) in [4.78, 5) is 0. The quantitative estimate of drug-likeness (QED) is 0.0451. The molecule has 3 heteroatoms. The predicted octanol–water partition coefficient (Wildman–Crippen LogP) is 21.1. The van der Waals surface area contributed by atoms with E-state index in [1.54, 1.807) is 0 Å². The van der Waals surface area contributed by atoms with Crippen LogP contribution in [0.5, 0.6) is 0 Å². The second kappa shape index (κ2) is 50.5. The zero-order chi connectivity index (χ0) is 41.3. The summed E-state index contributed by atoms with van der Waals surface area (Å²) < 4.78 is 20.4. The topological polar surface area (TPSA) is 26.3 Å². The van der Waals surface area contributed by atoms with E-state index in [4.69, 9.17) is 4.52 Å². The van der Waals surface area contributed by atoms with Crippen LogP contribution in [-0.4, -0.2) is 18.9 Å². The highest BCUT2D eigenvalue weighted by molar-refractivity contribution is 7.58. The van der Waals surface area contributed by atoms with E-state index in [1.165, 1.54) is 289 Å². The molecule has 0 rings (SSSR count). The van der Waals surface area contributed by atoms with Gasteiger partial charge in [-0.3, -0.25) is 4.57 Å². The van der Waals surface area contributed by atoms with Crippen molar-refractivity contribution in [2.24, 2.45) is 0 Å². The van der Waals surface area contributed by atoms with Crippen LogP contribution in [0.1, 0.15) is 329 Å². The molecule has 0 unspecified atom stereocenters. The molecule has 0 radical (unpaired) electrons. The van der Waals surface area contributed by atoms with Crippen LogP contribution < -0.4 is 0 Å². The Kier molecular flexibility index (Phi) is 50.7. The predicted molar refractivity (Wildman–Crippen MR) is 262 cm³/mol. The first-order valence-electron chi connectivity index (χ1n) is 27.4. The second-order valence-electron chi connectivity index (χ2n) is 19.0. The van der Waals surface area contributed by atoms with Gasteiger partial charge in [0.2, 0.25) is 7.37 Å². The van der Waals surface area contributed by atoms with Gasteiger partial charge < -0.3 is 4.52 Å². The molecule has 0 heterocycles. The van der Waals surface area contributed by atoms with Crippen molar-refractivity contribution in [1.29, 1.82) is 0 Å². The molecule has 0 N–H and O–H groups in total. The summed E-state index contributed by atoms with van der Waals surface area (Å²) in [6.07, 6.45) is 68.2. The molecule has 0 spiro atoms. The molecule has 0 atom stereocenters. The Bertz CT molecular complexity index is 712. The van der Waals surface area contributed by atoms with E-state index < -0.39 is 7.37 Å². The molecule has 0 bridgehead atoms. The zero-order valence-electron chi connectivity index (χ0n) is 40.3. The van der Waals surface area contributed by atoms with Gasteiger partial charge in [0.05, 0.1) is 6.61 Å². The van der Waals surface area contributed by atoms with Crippen molar-refractivity contribution >= 4 is 7.37 Å². The first kappa shape index (κ1) is 57.2. The average Bonchev–Trinajstić information content (AvgIpc) is 3.21. The van der Waals surface area contributed by atoms with Crippen molar-refractivity contribution in [3.05, 3.63) is 0 Å². The lowest BCUT2D eigenvalue weighted by molar-refractivity contribution is 0.299. The maximum absolute atomic E-state index is 14.0. The van der Waals surface area contributed by atoms with Gasteiger partial charge in [-0.25, -0.2) is 0 Å². The summed E-state index contributed by atoms with van der Waals surface area (Å²) in [6.45, 7) is 7.65. The van der Waals surface area contributed by atoms with E-state index in [-0.39, 0.29) is 0 Å². The molecule has 57 heavy (non-hydrogen) atoms. The highest BCUT2D eigenvalue weighted by Crippen LogP contribution is 2.49. The lowest BCUT2D eigenvalue weighted by Crippen LogP contribution is -2.03. The molecule has 344 valence electrons. The Hall–Kier alpha value is 0.190. The summed E-state index contributed by atoms with van der Waals surface area (Å²) >= 11 is 0. The Morgan fingerprint density at radius 2 is 0.386 bits per heavy atom. The molecule has 0 amide bonds. The van der Waals surface area contributed by atoms with E-state index >= 15 is 0 Å². The third-order valence-electron chi connectivity index (χ3n) is 13.0. The molecule has 0 aliphatic rings. The van der Waals surface area contributed by atoms with Gasteiger partial charge in [0, 0.05) is 12.3 Å². The lowest BCUT2D eigenvalue weighted by Gasteiger charge is -2.19. The van der Waals surface area contributed by atoms with Crippen molar-refractivity contribution in [2.45, 2.75) is 329 Å². The highest BCUT2D eigenvalue weighted by Gasteiger charge is 2.22. The molecule has 0 aliphatic carbocycles. The van der Waals surface area contributed by atoms with Crippen molar-refractivity contribution in [3.8, 4) is 0 Å². The molecular weight excluding hydrogens is 712 g/mol. The fourth-order valence-corrected chi connectivity index (χ4v) is 11.3. The lowest BCUT2D eigenvalue weighted by atomic mass is 10.0. The Morgan fingerprint density at radius 1 is 0.228 bits per heavy atom. The number of hydrogen-bond donors (Lipinski definition) is 0. The SMILES string of the molecule is CCCCCCCCCCCCCCCCCCOP(=O)(CCCCCCCCCCCCCCCCCC)CCCCCCCCCCCCCCCCCC. The van der Waals surface area contributed by atoms with Gasteiger partial charge in [-0.05, 0) is 19.3 Å². The van der Waals surface area contributed by atoms with Gasteiger partial charge in [0.1, 0.15) is 0 Å². The van der Waals surface area contributed by atoms with E-state index in [1.807, 2.05) is 0 Å². The Balaban J connectivity index is 4.08. The van der Waals surface area contributed by atoms with E-state index in [2.05, 4.69) is 20.8 Å². The van der Waals surface area contributed by atoms with Crippen molar-refractivity contribution in [1.82, 2.24) is 0 Å².